The van der Waals surface area contributed by atoms with Gasteiger partial charge in [0, 0.05) is 64.6 Å². The van der Waals surface area contributed by atoms with Crippen molar-refractivity contribution >= 4 is 53.9 Å². The monoisotopic (exact) mass is 609 g/mol. The molecule has 3 aromatic heterocycles. The van der Waals surface area contributed by atoms with Gasteiger partial charge in [-0.25, -0.2) is 0 Å². The van der Waals surface area contributed by atoms with Gasteiger partial charge in [0.05, 0.1) is 0 Å². The van der Waals surface area contributed by atoms with Crippen LogP contribution >= 0.6 is 0 Å². The summed E-state index contributed by atoms with van der Waals surface area (Å²) in [5.74, 6) is 0. The SMILES string of the molecule is c1cncc(-c2ccc3ccc4c(-c5cc(-c6cncc7ccccc67)cc(-c6cncc7ccccc67)c5)ccc5ccc2c3c54)c1. The molecule has 0 bridgehead atoms. The second kappa shape index (κ2) is 10.5. The van der Waals surface area contributed by atoms with Gasteiger partial charge < -0.3 is 0 Å². The number of pyridine rings is 3. The van der Waals surface area contributed by atoms with Crippen LogP contribution in [0, 0.1) is 0 Å². The van der Waals surface area contributed by atoms with Crippen LogP contribution in [0.1, 0.15) is 0 Å². The van der Waals surface area contributed by atoms with Crippen molar-refractivity contribution in [3.8, 4) is 44.5 Å². The maximum Gasteiger partial charge on any atom is 0.0352 e. The van der Waals surface area contributed by atoms with E-state index in [1.54, 1.807) is 0 Å². The van der Waals surface area contributed by atoms with Crippen molar-refractivity contribution in [2.24, 2.45) is 0 Å². The second-order valence-corrected chi connectivity index (χ2v) is 12.5. The third-order valence-corrected chi connectivity index (χ3v) is 9.84. The molecule has 0 aliphatic carbocycles. The molecule has 0 unspecified atom stereocenters. The summed E-state index contributed by atoms with van der Waals surface area (Å²) in [6, 6.07) is 46.2. The van der Waals surface area contributed by atoms with E-state index in [0.717, 1.165) is 44.2 Å². The van der Waals surface area contributed by atoms with Gasteiger partial charge in [-0.05, 0) is 95.2 Å². The molecule has 48 heavy (non-hydrogen) atoms. The van der Waals surface area contributed by atoms with Crippen LogP contribution in [0.2, 0.25) is 0 Å². The molecule has 0 saturated heterocycles. The minimum absolute atomic E-state index is 1.11. The Balaban J connectivity index is 1.27. The van der Waals surface area contributed by atoms with Crippen molar-refractivity contribution < 1.29 is 0 Å². The van der Waals surface area contributed by atoms with Gasteiger partial charge in [0.25, 0.3) is 0 Å². The van der Waals surface area contributed by atoms with E-state index >= 15 is 0 Å². The van der Waals surface area contributed by atoms with Crippen molar-refractivity contribution in [3.63, 3.8) is 0 Å². The molecular weight excluding hydrogens is 583 g/mol. The molecule has 0 spiro atoms. The molecule has 10 rings (SSSR count). The Labute approximate surface area is 277 Å². The summed E-state index contributed by atoms with van der Waals surface area (Å²) in [7, 11) is 0. The largest absolute Gasteiger partial charge is 0.264 e. The van der Waals surface area contributed by atoms with Crippen LogP contribution in [0.15, 0.2) is 165 Å². The summed E-state index contributed by atoms with van der Waals surface area (Å²) in [5, 5.41) is 12.2. The Morgan fingerprint density at radius 3 is 1.33 bits per heavy atom. The molecule has 3 heteroatoms. The Hall–Kier alpha value is -6.45. The summed E-state index contributed by atoms with van der Waals surface area (Å²) in [6.07, 6.45) is 11.7. The Bertz CT molecular complexity index is 2730. The van der Waals surface area contributed by atoms with Crippen LogP contribution in [0.3, 0.4) is 0 Å². The highest BCUT2D eigenvalue weighted by Gasteiger charge is 2.17. The average molecular weight is 610 g/mol. The Morgan fingerprint density at radius 1 is 0.292 bits per heavy atom. The third-order valence-electron chi connectivity index (χ3n) is 9.84. The standard InChI is InChI=1S/C45H27N3/c1-3-9-36-30(6-1)24-47-26-42(36)34-20-33(21-35(22-34)43-27-48-25-31-7-2-4-10-37(31)43)39-16-12-29-13-17-40-38(32-8-5-19-46-23-32)15-11-28-14-18-41(39)45(29)44(28)40/h1-27H. The first kappa shape index (κ1) is 26.7. The van der Waals surface area contributed by atoms with Crippen molar-refractivity contribution in [1.29, 1.82) is 0 Å². The first-order valence-corrected chi connectivity index (χ1v) is 16.2. The smallest absolute Gasteiger partial charge is 0.0352 e. The molecule has 0 saturated carbocycles. The summed E-state index contributed by atoms with van der Waals surface area (Å²) < 4.78 is 0. The van der Waals surface area contributed by atoms with E-state index in [2.05, 4.69) is 136 Å². The van der Waals surface area contributed by atoms with Crippen molar-refractivity contribution in [1.82, 2.24) is 15.0 Å². The number of rotatable bonds is 4. The first-order chi connectivity index (χ1) is 23.8. The van der Waals surface area contributed by atoms with Gasteiger partial charge in [0.1, 0.15) is 0 Å². The highest BCUT2D eigenvalue weighted by atomic mass is 14.6. The fourth-order valence-electron chi connectivity index (χ4n) is 7.61. The number of fused-ring (bicyclic) bond motifs is 2. The lowest BCUT2D eigenvalue weighted by atomic mass is 9.86. The molecule has 0 amide bonds. The van der Waals surface area contributed by atoms with Crippen LogP contribution in [0.5, 0.6) is 0 Å². The van der Waals surface area contributed by atoms with Gasteiger partial charge in [-0.1, -0.05) is 103 Å². The molecular formula is C45H27N3. The van der Waals surface area contributed by atoms with Gasteiger partial charge >= 0.3 is 0 Å². The average Bonchev–Trinajstić information content (AvgIpc) is 3.16. The highest BCUT2D eigenvalue weighted by Crippen LogP contribution is 2.44. The highest BCUT2D eigenvalue weighted by molar-refractivity contribution is 6.27. The van der Waals surface area contributed by atoms with E-state index in [9.17, 15) is 0 Å². The molecule has 3 nitrogen and oxygen atoms in total. The Morgan fingerprint density at radius 2 is 0.792 bits per heavy atom. The minimum atomic E-state index is 1.11. The zero-order valence-corrected chi connectivity index (χ0v) is 25.9. The van der Waals surface area contributed by atoms with Crippen molar-refractivity contribution in [2.75, 3.05) is 0 Å². The van der Waals surface area contributed by atoms with E-state index in [0.29, 0.717) is 0 Å². The molecule has 0 fully saturated rings. The summed E-state index contributed by atoms with van der Waals surface area (Å²) >= 11 is 0. The molecule has 7 aromatic carbocycles. The van der Waals surface area contributed by atoms with Gasteiger partial charge in [-0.15, -0.1) is 0 Å². The number of benzene rings is 7. The lowest BCUT2D eigenvalue weighted by molar-refractivity contribution is 1.33. The van der Waals surface area contributed by atoms with Crippen LogP contribution in [-0.2, 0) is 0 Å². The first-order valence-electron chi connectivity index (χ1n) is 16.2. The normalized spacial score (nSPS) is 11.8. The zero-order chi connectivity index (χ0) is 31.6. The van der Waals surface area contributed by atoms with Crippen LogP contribution in [-0.4, -0.2) is 15.0 Å². The molecule has 0 atom stereocenters. The van der Waals surface area contributed by atoms with E-state index < -0.39 is 0 Å². The molecule has 3 heterocycles. The van der Waals surface area contributed by atoms with Crippen LogP contribution in [0.4, 0.5) is 0 Å². The van der Waals surface area contributed by atoms with Gasteiger partial charge in [0.15, 0.2) is 0 Å². The van der Waals surface area contributed by atoms with E-state index in [1.165, 1.54) is 54.2 Å². The second-order valence-electron chi connectivity index (χ2n) is 12.5. The van der Waals surface area contributed by atoms with Gasteiger partial charge in [-0.2, -0.15) is 0 Å². The van der Waals surface area contributed by atoms with E-state index in [1.807, 2.05) is 43.2 Å². The predicted octanol–water partition coefficient (Wildman–Crippen LogP) is 11.7. The van der Waals surface area contributed by atoms with Crippen LogP contribution in [0.25, 0.3) is 98.4 Å². The quantitative estimate of drug-likeness (QED) is 0.186. The van der Waals surface area contributed by atoms with Crippen molar-refractivity contribution in [3.05, 3.63) is 165 Å². The lowest BCUT2D eigenvalue weighted by Crippen LogP contribution is -1.92. The maximum absolute atomic E-state index is 4.67. The van der Waals surface area contributed by atoms with Crippen LogP contribution < -0.4 is 0 Å². The lowest BCUT2D eigenvalue weighted by Gasteiger charge is -2.18. The third kappa shape index (κ3) is 4.11. The van der Waals surface area contributed by atoms with Gasteiger partial charge in [-0.3, -0.25) is 15.0 Å². The molecule has 222 valence electrons. The summed E-state index contributed by atoms with van der Waals surface area (Å²) in [6.45, 7) is 0. The van der Waals surface area contributed by atoms with Gasteiger partial charge in [0.2, 0.25) is 0 Å². The van der Waals surface area contributed by atoms with E-state index in [4.69, 9.17) is 0 Å². The number of aromatic nitrogens is 3. The molecule has 0 aliphatic rings. The minimum Gasteiger partial charge on any atom is -0.264 e. The summed E-state index contributed by atoms with van der Waals surface area (Å²) in [4.78, 5) is 13.8. The number of hydrogen-bond acceptors (Lipinski definition) is 3. The molecule has 0 N–H and O–H groups in total. The molecule has 0 radical (unpaired) electrons. The van der Waals surface area contributed by atoms with E-state index in [-0.39, 0.29) is 0 Å². The summed E-state index contributed by atoms with van der Waals surface area (Å²) in [5.41, 5.74) is 9.17. The maximum atomic E-state index is 4.67. The zero-order valence-electron chi connectivity index (χ0n) is 25.9. The number of hydrogen-bond donors (Lipinski definition) is 0. The molecule has 10 aromatic rings. The van der Waals surface area contributed by atoms with Crippen molar-refractivity contribution in [2.45, 2.75) is 0 Å². The Kier molecular flexibility index (Phi) is 5.87. The molecule has 0 aliphatic heterocycles. The topological polar surface area (TPSA) is 38.7 Å². The predicted molar refractivity (Wildman–Crippen MR) is 200 cm³/mol. The number of nitrogens with zero attached hydrogens (tertiary/aromatic N) is 3. The fraction of sp³-hybridized carbons (Fsp3) is 0. The fourth-order valence-corrected chi connectivity index (χ4v) is 7.61.